The minimum atomic E-state index is 0.469. The highest BCUT2D eigenvalue weighted by atomic mass is 32.2. The molecule has 0 aromatic heterocycles. The van der Waals surface area contributed by atoms with Gasteiger partial charge in [0, 0.05) is 23.6 Å². The van der Waals surface area contributed by atoms with Crippen molar-refractivity contribution in [2.45, 2.75) is 51.8 Å². The zero-order valence-corrected chi connectivity index (χ0v) is 10.2. The molecule has 0 aromatic rings. The number of rotatable bonds is 4. The fraction of sp³-hybridized carbons (Fsp3) is 1.00. The lowest BCUT2D eigenvalue weighted by atomic mass is 9.90. The summed E-state index contributed by atoms with van der Waals surface area (Å²) in [5.41, 5.74) is 0.469. The first-order valence-corrected chi connectivity index (χ1v) is 6.43. The smallest absolute Gasteiger partial charge is 0.0168 e. The van der Waals surface area contributed by atoms with Gasteiger partial charge in [0.25, 0.3) is 0 Å². The zero-order chi connectivity index (χ0) is 9.90. The molecule has 1 N–H and O–H groups in total. The maximum Gasteiger partial charge on any atom is 0.0168 e. The van der Waals surface area contributed by atoms with Crippen molar-refractivity contribution in [3.63, 3.8) is 0 Å². The third-order valence-corrected chi connectivity index (χ3v) is 4.38. The van der Waals surface area contributed by atoms with Crippen LogP contribution in [0.4, 0.5) is 0 Å². The Balaban J connectivity index is 2.19. The summed E-state index contributed by atoms with van der Waals surface area (Å²) in [7, 11) is 0. The Hall–Kier alpha value is 0.310. The van der Waals surface area contributed by atoms with E-state index in [4.69, 9.17) is 0 Å². The summed E-state index contributed by atoms with van der Waals surface area (Å²) in [6, 6.07) is 0.769. The van der Waals surface area contributed by atoms with Gasteiger partial charge in [-0.3, -0.25) is 0 Å². The van der Waals surface area contributed by atoms with Crippen LogP contribution >= 0.6 is 11.8 Å². The lowest BCUT2D eigenvalue weighted by Gasteiger charge is -2.25. The van der Waals surface area contributed by atoms with Crippen LogP contribution < -0.4 is 5.32 Å². The quantitative estimate of drug-likeness (QED) is 0.750. The first-order chi connectivity index (χ1) is 6.03. The lowest BCUT2D eigenvalue weighted by Crippen LogP contribution is -2.36. The first-order valence-electron chi connectivity index (χ1n) is 5.38. The number of hydrogen-bond acceptors (Lipinski definition) is 2. The molecule has 0 bridgehead atoms. The molecule has 1 nitrogen and oxygen atoms in total. The molecule has 2 heteroatoms. The summed E-state index contributed by atoms with van der Waals surface area (Å²) >= 11 is 2.10. The molecule has 1 fully saturated rings. The molecular weight excluding hydrogens is 178 g/mol. The van der Waals surface area contributed by atoms with Crippen LogP contribution in [-0.4, -0.2) is 23.6 Å². The summed E-state index contributed by atoms with van der Waals surface area (Å²) in [6.45, 7) is 10.4. The van der Waals surface area contributed by atoms with Crippen molar-refractivity contribution in [3.8, 4) is 0 Å². The molecule has 1 saturated heterocycles. The third-order valence-electron chi connectivity index (χ3n) is 3.02. The van der Waals surface area contributed by atoms with Crippen LogP contribution in [0.15, 0.2) is 0 Å². The van der Waals surface area contributed by atoms with Gasteiger partial charge >= 0.3 is 0 Å². The SMILES string of the molecule is CCC(C)(C)CNC1CSC(C)C1. The predicted octanol–water partition coefficient (Wildman–Crippen LogP) is 2.91. The van der Waals surface area contributed by atoms with Crippen LogP contribution in [0.5, 0.6) is 0 Å². The standard InChI is InChI=1S/C11H23NS/c1-5-11(3,4)8-12-10-6-9(2)13-7-10/h9-10,12H,5-8H2,1-4H3. The second-order valence-corrected chi connectivity index (χ2v) is 6.45. The molecule has 0 amide bonds. The molecule has 0 aliphatic carbocycles. The second kappa shape index (κ2) is 4.70. The van der Waals surface area contributed by atoms with Crippen LogP contribution in [0.1, 0.15) is 40.5 Å². The zero-order valence-electron chi connectivity index (χ0n) is 9.39. The largest absolute Gasteiger partial charge is 0.313 e. The van der Waals surface area contributed by atoms with Crippen LogP contribution in [0, 0.1) is 5.41 Å². The summed E-state index contributed by atoms with van der Waals surface area (Å²) in [4.78, 5) is 0. The second-order valence-electron chi connectivity index (χ2n) is 4.98. The summed E-state index contributed by atoms with van der Waals surface area (Å²) in [5, 5.41) is 4.55. The van der Waals surface area contributed by atoms with Gasteiger partial charge in [0.05, 0.1) is 0 Å². The van der Waals surface area contributed by atoms with Crippen molar-refractivity contribution in [1.29, 1.82) is 0 Å². The Labute approximate surface area is 87.1 Å². The van der Waals surface area contributed by atoms with E-state index in [9.17, 15) is 0 Å². The van der Waals surface area contributed by atoms with Gasteiger partial charge in [-0.25, -0.2) is 0 Å². The van der Waals surface area contributed by atoms with Gasteiger partial charge in [-0.15, -0.1) is 0 Å². The van der Waals surface area contributed by atoms with Crippen molar-refractivity contribution in [2.75, 3.05) is 12.3 Å². The minimum Gasteiger partial charge on any atom is -0.313 e. The van der Waals surface area contributed by atoms with Crippen molar-refractivity contribution < 1.29 is 0 Å². The van der Waals surface area contributed by atoms with E-state index in [-0.39, 0.29) is 0 Å². The normalized spacial score (nSPS) is 29.5. The third kappa shape index (κ3) is 3.90. The highest BCUT2D eigenvalue weighted by molar-refractivity contribution is 8.00. The Morgan fingerprint density at radius 2 is 2.15 bits per heavy atom. The Morgan fingerprint density at radius 3 is 2.62 bits per heavy atom. The number of thioether (sulfide) groups is 1. The molecule has 13 heavy (non-hydrogen) atoms. The highest BCUT2D eigenvalue weighted by Crippen LogP contribution is 2.27. The van der Waals surface area contributed by atoms with Gasteiger partial charge in [-0.2, -0.15) is 11.8 Å². The Bertz CT molecular complexity index is 156. The Morgan fingerprint density at radius 1 is 1.46 bits per heavy atom. The summed E-state index contributed by atoms with van der Waals surface area (Å²) < 4.78 is 0. The van der Waals surface area contributed by atoms with E-state index in [0.717, 1.165) is 11.3 Å². The molecule has 1 aliphatic heterocycles. The van der Waals surface area contributed by atoms with E-state index in [1.807, 2.05) is 0 Å². The van der Waals surface area contributed by atoms with Crippen LogP contribution in [-0.2, 0) is 0 Å². The minimum absolute atomic E-state index is 0.469. The van der Waals surface area contributed by atoms with Gasteiger partial charge in [0.2, 0.25) is 0 Å². The monoisotopic (exact) mass is 201 g/mol. The fourth-order valence-corrected chi connectivity index (χ4v) is 2.69. The Kier molecular flexibility index (Phi) is 4.11. The van der Waals surface area contributed by atoms with Crippen molar-refractivity contribution in [1.82, 2.24) is 5.32 Å². The molecule has 0 aromatic carbocycles. The number of nitrogens with one attached hydrogen (secondary N) is 1. The van der Waals surface area contributed by atoms with Gasteiger partial charge in [-0.05, 0) is 18.3 Å². The molecule has 0 saturated carbocycles. The molecule has 1 rings (SSSR count). The topological polar surface area (TPSA) is 12.0 Å². The van der Waals surface area contributed by atoms with Crippen molar-refractivity contribution >= 4 is 11.8 Å². The van der Waals surface area contributed by atoms with E-state index in [0.29, 0.717) is 5.41 Å². The molecule has 1 aliphatic rings. The maximum absolute atomic E-state index is 3.68. The molecule has 78 valence electrons. The van der Waals surface area contributed by atoms with E-state index >= 15 is 0 Å². The molecule has 0 spiro atoms. The van der Waals surface area contributed by atoms with Gasteiger partial charge in [-0.1, -0.05) is 27.7 Å². The predicted molar refractivity (Wildman–Crippen MR) is 62.4 cm³/mol. The molecule has 0 radical (unpaired) electrons. The van der Waals surface area contributed by atoms with Crippen LogP contribution in [0.3, 0.4) is 0 Å². The number of hydrogen-bond donors (Lipinski definition) is 1. The average molecular weight is 201 g/mol. The van der Waals surface area contributed by atoms with Crippen LogP contribution in [0.2, 0.25) is 0 Å². The van der Waals surface area contributed by atoms with Crippen molar-refractivity contribution in [2.24, 2.45) is 5.41 Å². The highest BCUT2D eigenvalue weighted by Gasteiger charge is 2.23. The van der Waals surface area contributed by atoms with E-state index < -0.39 is 0 Å². The van der Waals surface area contributed by atoms with Gasteiger partial charge in [0.1, 0.15) is 0 Å². The van der Waals surface area contributed by atoms with Gasteiger partial charge < -0.3 is 5.32 Å². The summed E-state index contributed by atoms with van der Waals surface area (Å²) in [6.07, 6.45) is 2.61. The van der Waals surface area contributed by atoms with E-state index in [1.165, 1.54) is 25.1 Å². The first kappa shape index (κ1) is 11.4. The van der Waals surface area contributed by atoms with Crippen molar-refractivity contribution in [3.05, 3.63) is 0 Å². The van der Waals surface area contributed by atoms with Gasteiger partial charge in [0.15, 0.2) is 0 Å². The average Bonchev–Trinajstić information content (AvgIpc) is 2.48. The molecule has 1 heterocycles. The fourth-order valence-electron chi connectivity index (χ4n) is 1.51. The van der Waals surface area contributed by atoms with E-state index in [1.54, 1.807) is 0 Å². The van der Waals surface area contributed by atoms with Crippen LogP contribution in [0.25, 0.3) is 0 Å². The summed E-state index contributed by atoms with van der Waals surface area (Å²) in [5.74, 6) is 1.31. The molecular formula is C11H23NS. The maximum atomic E-state index is 3.68. The lowest BCUT2D eigenvalue weighted by molar-refractivity contribution is 0.312. The van der Waals surface area contributed by atoms with E-state index in [2.05, 4.69) is 44.8 Å². The molecule has 2 atom stereocenters. The molecule has 2 unspecified atom stereocenters.